The molecule has 0 saturated heterocycles. The number of aliphatic hydroxyl groups excluding tert-OH is 1. The lowest BCUT2D eigenvalue weighted by molar-refractivity contribution is -0.0445. The van der Waals surface area contributed by atoms with Crippen LogP contribution < -0.4 is 0 Å². The van der Waals surface area contributed by atoms with Crippen LogP contribution in [0.4, 0.5) is 0 Å². The van der Waals surface area contributed by atoms with Crippen molar-refractivity contribution in [3.63, 3.8) is 0 Å². The molecular weight excluding hydrogens is 172 g/mol. The molecule has 1 aromatic carbocycles. The SMILES string of the molecule is CSc1ccc(C)cc1C(O)O. The number of hydrogen-bond donors (Lipinski definition) is 2. The van der Waals surface area contributed by atoms with Crippen molar-refractivity contribution < 1.29 is 10.2 Å². The molecule has 0 radical (unpaired) electrons. The van der Waals surface area contributed by atoms with Crippen molar-refractivity contribution in [2.75, 3.05) is 6.26 Å². The predicted octanol–water partition coefficient (Wildman–Crippen LogP) is 1.70. The quantitative estimate of drug-likeness (QED) is 0.543. The van der Waals surface area contributed by atoms with Gasteiger partial charge in [0.25, 0.3) is 0 Å². The average Bonchev–Trinajstić information content (AvgIpc) is 2.04. The molecule has 0 aliphatic carbocycles. The molecule has 0 aliphatic heterocycles. The summed E-state index contributed by atoms with van der Waals surface area (Å²) in [5.74, 6) is 0. The number of benzene rings is 1. The predicted molar refractivity (Wildman–Crippen MR) is 50.1 cm³/mol. The van der Waals surface area contributed by atoms with Gasteiger partial charge in [0.1, 0.15) is 0 Å². The number of aryl methyl sites for hydroxylation is 1. The summed E-state index contributed by atoms with van der Waals surface area (Å²) in [6, 6.07) is 5.64. The number of hydrogen-bond acceptors (Lipinski definition) is 3. The molecule has 2 N–H and O–H groups in total. The third-order valence-electron chi connectivity index (χ3n) is 1.66. The van der Waals surface area contributed by atoms with Crippen LogP contribution in [-0.4, -0.2) is 16.5 Å². The Morgan fingerprint density at radius 2 is 2.00 bits per heavy atom. The molecule has 0 aromatic heterocycles. The highest BCUT2D eigenvalue weighted by atomic mass is 32.2. The van der Waals surface area contributed by atoms with E-state index in [1.54, 1.807) is 6.07 Å². The van der Waals surface area contributed by atoms with E-state index in [-0.39, 0.29) is 0 Å². The van der Waals surface area contributed by atoms with Gasteiger partial charge in [-0.15, -0.1) is 11.8 Å². The van der Waals surface area contributed by atoms with Gasteiger partial charge in [-0.25, -0.2) is 0 Å². The highest BCUT2D eigenvalue weighted by Gasteiger charge is 2.07. The van der Waals surface area contributed by atoms with E-state index in [2.05, 4.69) is 0 Å². The molecule has 0 bridgehead atoms. The summed E-state index contributed by atoms with van der Waals surface area (Å²) < 4.78 is 0. The molecule has 0 unspecified atom stereocenters. The van der Waals surface area contributed by atoms with Gasteiger partial charge < -0.3 is 10.2 Å². The smallest absolute Gasteiger partial charge is 0.179 e. The minimum Gasteiger partial charge on any atom is -0.364 e. The van der Waals surface area contributed by atoms with Crippen LogP contribution in [0.5, 0.6) is 0 Å². The Bertz CT molecular complexity index is 271. The van der Waals surface area contributed by atoms with Gasteiger partial charge in [-0.05, 0) is 25.3 Å². The molecule has 1 rings (SSSR count). The molecular formula is C9H12O2S. The summed E-state index contributed by atoms with van der Waals surface area (Å²) >= 11 is 1.51. The zero-order valence-corrected chi connectivity index (χ0v) is 7.93. The van der Waals surface area contributed by atoms with Crippen molar-refractivity contribution in [1.29, 1.82) is 0 Å². The van der Waals surface area contributed by atoms with Gasteiger partial charge in [0.2, 0.25) is 0 Å². The van der Waals surface area contributed by atoms with Gasteiger partial charge in [0, 0.05) is 10.5 Å². The van der Waals surface area contributed by atoms with Crippen molar-refractivity contribution in [1.82, 2.24) is 0 Å². The normalized spacial score (nSPS) is 10.8. The maximum absolute atomic E-state index is 9.00. The first-order valence-electron chi connectivity index (χ1n) is 3.66. The first-order valence-corrected chi connectivity index (χ1v) is 4.88. The maximum Gasteiger partial charge on any atom is 0.179 e. The molecule has 12 heavy (non-hydrogen) atoms. The average molecular weight is 184 g/mol. The van der Waals surface area contributed by atoms with E-state index in [9.17, 15) is 0 Å². The fourth-order valence-corrected chi connectivity index (χ4v) is 1.66. The van der Waals surface area contributed by atoms with Crippen molar-refractivity contribution >= 4 is 11.8 Å². The molecule has 0 fully saturated rings. The van der Waals surface area contributed by atoms with Gasteiger partial charge in [-0.2, -0.15) is 0 Å². The molecule has 3 heteroatoms. The molecule has 2 nitrogen and oxygen atoms in total. The van der Waals surface area contributed by atoms with Crippen LogP contribution in [0.25, 0.3) is 0 Å². The fraction of sp³-hybridized carbons (Fsp3) is 0.333. The third-order valence-corrected chi connectivity index (χ3v) is 2.47. The summed E-state index contributed by atoms with van der Waals surface area (Å²) in [5, 5.41) is 18.0. The first-order chi connectivity index (χ1) is 5.65. The van der Waals surface area contributed by atoms with E-state index in [0.717, 1.165) is 10.5 Å². The Balaban J connectivity index is 3.12. The zero-order chi connectivity index (χ0) is 9.14. The van der Waals surface area contributed by atoms with Gasteiger partial charge >= 0.3 is 0 Å². The number of thioether (sulfide) groups is 1. The number of aliphatic hydroxyl groups is 2. The van der Waals surface area contributed by atoms with Gasteiger partial charge in [-0.1, -0.05) is 11.6 Å². The van der Waals surface area contributed by atoms with Crippen LogP contribution in [-0.2, 0) is 0 Å². The zero-order valence-electron chi connectivity index (χ0n) is 7.11. The van der Waals surface area contributed by atoms with E-state index in [4.69, 9.17) is 10.2 Å². The van der Waals surface area contributed by atoms with Gasteiger partial charge in [-0.3, -0.25) is 0 Å². The first kappa shape index (κ1) is 9.58. The summed E-state index contributed by atoms with van der Waals surface area (Å²) in [5.41, 5.74) is 1.62. The summed E-state index contributed by atoms with van der Waals surface area (Å²) in [6.07, 6.45) is 0.545. The maximum atomic E-state index is 9.00. The molecule has 0 atom stereocenters. The van der Waals surface area contributed by atoms with Crippen molar-refractivity contribution in [3.8, 4) is 0 Å². The van der Waals surface area contributed by atoms with E-state index >= 15 is 0 Å². The van der Waals surface area contributed by atoms with Gasteiger partial charge in [0.05, 0.1) is 0 Å². The van der Waals surface area contributed by atoms with Crippen LogP contribution in [0.1, 0.15) is 17.4 Å². The third kappa shape index (κ3) is 2.00. The molecule has 0 saturated carbocycles. The van der Waals surface area contributed by atoms with Crippen LogP contribution in [0.15, 0.2) is 23.1 Å². The van der Waals surface area contributed by atoms with Crippen molar-refractivity contribution in [3.05, 3.63) is 29.3 Å². The molecule has 0 aliphatic rings. The minimum atomic E-state index is -1.37. The Hall–Kier alpha value is -0.510. The topological polar surface area (TPSA) is 40.5 Å². The molecule has 0 heterocycles. The second-order valence-corrected chi connectivity index (χ2v) is 3.47. The van der Waals surface area contributed by atoms with Crippen LogP contribution in [0.2, 0.25) is 0 Å². The molecule has 0 spiro atoms. The standard InChI is InChI=1S/C9H12O2S/c1-6-3-4-8(12-2)7(5-6)9(10)11/h3-5,9-11H,1-2H3. The minimum absolute atomic E-state index is 0.586. The highest BCUT2D eigenvalue weighted by Crippen LogP contribution is 2.25. The lowest BCUT2D eigenvalue weighted by Gasteiger charge is -2.09. The van der Waals surface area contributed by atoms with Gasteiger partial charge in [0.15, 0.2) is 6.29 Å². The van der Waals surface area contributed by atoms with E-state index < -0.39 is 6.29 Å². The van der Waals surface area contributed by atoms with Crippen molar-refractivity contribution in [2.24, 2.45) is 0 Å². The molecule has 1 aromatic rings. The highest BCUT2D eigenvalue weighted by molar-refractivity contribution is 7.98. The second kappa shape index (κ2) is 3.94. The largest absolute Gasteiger partial charge is 0.364 e. The molecule has 66 valence electrons. The lowest BCUT2D eigenvalue weighted by Crippen LogP contribution is -1.97. The Morgan fingerprint density at radius 1 is 1.33 bits per heavy atom. The fourth-order valence-electron chi connectivity index (χ4n) is 1.06. The summed E-state index contributed by atoms with van der Waals surface area (Å²) in [4.78, 5) is 0.913. The number of rotatable bonds is 2. The van der Waals surface area contributed by atoms with Crippen LogP contribution in [0, 0.1) is 6.92 Å². The monoisotopic (exact) mass is 184 g/mol. The van der Waals surface area contributed by atoms with Crippen LogP contribution >= 0.6 is 11.8 Å². The Labute approximate surface area is 76.2 Å². The van der Waals surface area contributed by atoms with Crippen molar-refractivity contribution in [2.45, 2.75) is 18.1 Å². The van der Waals surface area contributed by atoms with E-state index in [0.29, 0.717) is 5.56 Å². The van der Waals surface area contributed by atoms with E-state index in [1.165, 1.54) is 11.8 Å². The lowest BCUT2D eigenvalue weighted by atomic mass is 10.1. The molecule has 0 amide bonds. The second-order valence-electron chi connectivity index (χ2n) is 2.62. The summed E-state index contributed by atoms with van der Waals surface area (Å²) in [6.45, 7) is 1.93. The Kier molecular flexibility index (Phi) is 3.14. The summed E-state index contributed by atoms with van der Waals surface area (Å²) in [7, 11) is 0. The van der Waals surface area contributed by atoms with Crippen LogP contribution in [0.3, 0.4) is 0 Å². The Morgan fingerprint density at radius 3 is 2.50 bits per heavy atom. The van der Waals surface area contributed by atoms with E-state index in [1.807, 2.05) is 25.3 Å².